The largest absolute Gasteiger partial charge is 0.463 e. The molecule has 0 unspecified atom stereocenters. The van der Waals surface area contributed by atoms with Crippen LogP contribution < -0.4 is 10.2 Å². The topological polar surface area (TPSA) is 72.3 Å². The molecule has 0 amide bonds. The van der Waals surface area contributed by atoms with Crippen molar-refractivity contribution in [3.05, 3.63) is 47.4 Å². The maximum Gasteiger partial charge on any atom is 0.338 e. The molecule has 7 nitrogen and oxygen atoms in total. The van der Waals surface area contributed by atoms with Crippen molar-refractivity contribution in [2.75, 3.05) is 29.9 Å². The Labute approximate surface area is 153 Å². The highest BCUT2D eigenvalue weighted by Crippen LogP contribution is 2.35. The second-order valence-electron chi connectivity index (χ2n) is 6.08. The Morgan fingerprint density at radius 1 is 1.23 bits per heavy atom. The van der Waals surface area contributed by atoms with E-state index in [1.165, 1.54) is 6.33 Å². The van der Waals surface area contributed by atoms with Gasteiger partial charge in [0.25, 0.3) is 0 Å². The van der Waals surface area contributed by atoms with Crippen LogP contribution in [-0.4, -0.2) is 40.4 Å². The van der Waals surface area contributed by atoms with Crippen molar-refractivity contribution in [3.63, 3.8) is 0 Å². The highest BCUT2D eigenvalue weighted by Gasteiger charge is 2.34. The summed E-state index contributed by atoms with van der Waals surface area (Å²) in [5.41, 5.74) is 3.42. The number of rotatable bonds is 6. The predicted octanol–water partition coefficient (Wildman–Crippen LogP) is 2.98. The molecule has 1 aliphatic heterocycles. The van der Waals surface area contributed by atoms with Crippen LogP contribution in [0.25, 0.3) is 0 Å². The van der Waals surface area contributed by atoms with Gasteiger partial charge in [-0.1, -0.05) is 12.1 Å². The molecule has 0 saturated heterocycles. The Kier molecular flexibility index (Phi) is 5.25. The molecule has 2 heterocycles. The van der Waals surface area contributed by atoms with Gasteiger partial charge in [0.05, 0.1) is 12.2 Å². The smallest absolute Gasteiger partial charge is 0.338 e. The molecule has 1 N–H and O–H groups in total. The number of hydrogen-bond acceptors (Lipinski definition) is 6. The fourth-order valence-corrected chi connectivity index (χ4v) is 3.33. The van der Waals surface area contributed by atoms with E-state index < -0.39 is 0 Å². The standard InChI is InChI=1S/C19H25N5O2/c1-5-23(6-2)15-10-8-14(9-11-15)17-16(18(25)26-7-3)13(4)22-19-20-12-21-24(17)19/h8-12,17H,5-7H2,1-4H3,(H,20,21,22)/t17-/m0/s1. The van der Waals surface area contributed by atoms with Crippen LogP contribution in [0, 0.1) is 0 Å². The number of carbonyl (C=O) groups is 1. The van der Waals surface area contributed by atoms with Crippen molar-refractivity contribution in [2.45, 2.75) is 33.7 Å². The lowest BCUT2D eigenvalue weighted by atomic mass is 9.95. The zero-order valence-corrected chi connectivity index (χ0v) is 15.7. The SMILES string of the molecule is CCOC(=O)C1=C(C)Nc2ncnn2[C@H]1c1ccc(N(CC)CC)cc1. The lowest BCUT2D eigenvalue weighted by molar-refractivity contribution is -0.139. The Hall–Kier alpha value is -2.83. The molecule has 0 bridgehead atoms. The highest BCUT2D eigenvalue weighted by atomic mass is 16.5. The number of hydrogen-bond donors (Lipinski definition) is 1. The maximum absolute atomic E-state index is 12.6. The molecule has 0 radical (unpaired) electrons. The zero-order chi connectivity index (χ0) is 18.7. The molecule has 138 valence electrons. The molecule has 1 aromatic carbocycles. The number of carbonyl (C=O) groups excluding carboxylic acids is 1. The van der Waals surface area contributed by atoms with Gasteiger partial charge >= 0.3 is 5.97 Å². The number of fused-ring (bicyclic) bond motifs is 1. The Morgan fingerprint density at radius 2 is 1.92 bits per heavy atom. The normalized spacial score (nSPS) is 16.1. The maximum atomic E-state index is 12.6. The minimum absolute atomic E-state index is 0.327. The zero-order valence-electron chi connectivity index (χ0n) is 15.7. The van der Waals surface area contributed by atoms with Gasteiger partial charge in [0, 0.05) is 24.5 Å². The average Bonchev–Trinajstić information content (AvgIpc) is 3.10. The second-order valence-corrected chi connectivity index (χ2v) is 6.08. The summed E-state index contributed by atoms with van der Waals surface area (Å²) in [6.45, 7) is 10.2. The van der Waals surface area contributed by atoms with Gasteiger partial charge in [-0.15, -0.1) is 0 Å². The second kappa shape index (κ2) is 7.59. The number of ether oxygens (including phenoxy) is 1. The van der Waals surface area contributed by atoms with E-state index in [4.69, 9.17) is 4.74 Å². The Balaban J connectivity index is 2.04. The molecule has 1 atom stereocenters. The van der Waals surface area contributed by atoms with Crippen molar-refractivity contribution in [1.29, 1.82) is 0 Å². The Bertz CT molecular complexity index is 806. The van der Waals surface area contributed by atoms with Crippen LogP contribution in [0.2, 0.25) is 0 Å². The first kappa shape index (κ1) is 18.0. The van der Waals surface area contributed by atoms with Crippen molar-refractivity contribution in [3.8, 4) is 0 Å². The van der Waals surface area contributed by atoms with E-state index in [2.05, 4.69) is 46.3 Å². The van der Waals surface area contributed by atoms with Gasteiger partial charge in [-0.3, -0.25) is 0 Å². The first-order valence-electron chi connectivity index (χ1n) is 8.99. The van der Waals surface area contributed by atoms with E-state index in [0.717, 1.165) is 30.0 Å². The van der Waals surface area contributed by atoms with Crippen LogP contribution in [0.1, 0.15) is 39.3 Å². The lowest BCUT2D eigenvalue weighted by Gasteiger charge is -2.28. The summed E-state index contributed by atoms with van der Waals surface area (Å²) in [6.07, 6.45) is 1.49. The molecular formula is C19H25N5O2. The minimum Gasteiger partial charge on any atom is -0.463 e. The summed E-state index contributed by atoms with van der Waals surface area (Å²) in [6, 6.07) is 7.89. The molecule has 0 saturated carbocycles. The van der Waals surface area contributed by atoms with Gasteiger partial charge in [-0.05, 0) is 45.4 Å². The third-order valence-corrected chi connectivity index (χ3v) is 4.63. The van der Waals surface area contributed by atoms with Gasteiger partial charge in [-0.2, -0.15) is 10.1 Å². The molecule has 0 fully saturated rings. The molecule has 1 aliphatic rings. The van der Waals surface area contributed by atoms with Gasteiger partial charge in [-0.25, -0.2) is 9.48 Å². The van der Waals surface area contributed by atoms with E-state index in [1.807, 2.05) is 19.1 Å². The molecule has 0 spiro atoms. The lowest BCUT2D eigenvalue weighted by Crippen LogP contribution is -2.29. The number of anilines is 2. The molecule has 1 aromatic heterocycles. The van der Waals surface area contributed by atoms with Gasteiger partial charge < -0.3 is 15.0 Å². The number of nitrogens with one attached hydrogen (secondary N) is 1. The summed E-state index contributed by atoms with van der Waals surface area (Å²) >= 11 is 0. The third-order valence-electron chi connectivity index (χ3n) is 4.63. The van der Waals surface area contributed by atoms with Gasteiger partial charge in [0.2, 0.25) is 5.95 Å². The fourth-order valence-electron chi connectivity index (χ4n) is 3.33. The summed E-state index contributed by atoms with van der Waals surface area (Å²) in [7, 11) is 0. The average molecular weight is 355 g/mol. The molecule has 0 aliphatic carbocycles. The van der Waals surface area contributed by atoms with Crippen LogP contribution in [0.3, 0.4) is 0 Å². The van der Waals surface area contributed by atoms with Crippen LogP contribution in [-0.2, 0) is 9.53 Å². The van der Waals surface area contributed by atoms with Crippen LogP contribution >= 0.6 is 0 Å². The quantitative estimate of drug-likeness (QED) is 0.803. The highest BCUT2D eigenvalue weighted by molar-refractivity contribution is 5.92. The molecule has 2 aromatic rings. The molecule has 26 heavy (non-hydrogen) atoms. The Morgan fingerprint density at radius 3 is 2.54 bits per heavy atom. The van der Waals surface area contributed by atoms with Gasteiger partial charge in [0.15, 0.2) is 0 Å². The molecule has 7 heteroatoms. The molecular weight excluding hydrogens is 330 g/mol. The van der Waals surface area contributed by atoms with Crippen molar-refractivity contribution in [2.24, 2.45) is 0 Å². The van der Waals surface area contributed by atoms with Crippen molar-refractivity contribution < 1.29 is 9.53 Å². The predicted molar refractivity (Wildman–Crippen MR) is 101 cm³/mol. The number of esters is 1. The van der Waals surface area contributed by atoms with Gasteiger partial charge in [0.1, 0.15) is 12.4 Å². The number of benzene rings is 1. The molecule has 3 rings (SSSR count). The van der Waals surface area contributed by atoms with E-state index in [0.29, 0.717) is 18.1 Å². The van der Waals surface area contributed by atoms with Crippen LogP contribution in [0.15, 0.2) is 41.9 Å². The van der Waals surface area contributed by atoms with E-state index >= 15 is 0 Å². The van der Waals surface area contributed by atoms with Crippen molar-refractivity contribution in [1.82, 2.24) is 14.8 Å². The first-order valence-corrected chi connectivity index (χ1v) is 8.99. The van der Waals surface area contributed by atoms with E-state index in [1.54, 1.807) is 11.6 Å². The summed E-state index contributed by atoms with van der Waals surface area (Å²) in [4.78, 5) is 19.1. The number of allylic oxidation sites excluding steroid dienone is 1. The van der Waals surface area contributed by atoms with E-state index in [9.17, 15) is 4.79 Å². The fraction of sp³-hybridized carbons (Fsp3) is 0.421. The van der Waals surface area contributed by atoms with Crippen LogP contribution in [0.4, 0.5) is 11.6 Å². The van der Waals surface area contributed by atoms with E-state index in [-0.39, 0.29) is 12.0 Å². The van der Waals surface area contributed by atoms with Crippen LogP contribution in [0.5, 0.6) is 0 Å². The van der Waals surface area contributed by atoms with Crippen molar-refractivity contribution >= 4 is 17.6 Å². The number of nitrogens with zero attached hydrogens (tertiary/aromatic N) is 4. The third kappa shape index (κ3) is 3.16. The monoisotopic (exact) mass is 355 g/mol. The summed E-state index contributed by atoms with van der Waals surface area (Å²) in [5.74, 6) is 0.282. The summed E-state index contributed by atoms with van der Waals surface area (Å²) in [5, 5.41) is 7.46. The summed E-state index contributed by atoms with van der Waals surface area (Å²) < 4.78 is 7.01. The minimum atomic E-state index is -0.362. The first-order chi connectivity index (χ1) is 12.6. The number of aromatic nitrogens is 3.